The Morgan fingerprint density at radius 3 is 2.52 bits per heavy atom. The molecule has 3 heterocycles. The van der Waals surface area contributed by atoms with E-state index >= 15 is 0 Å². The van der Waals surface area contributed by atoms with E-state index in [-0.39, 0.29) is 12.1 Å². The Bertz CT molecular complexity index is 945. The van der Waals surface area contributed by atoms with E-state index < -0.39 is 29.5 Å². The molecule has 148 valence electrons. The SMILES string of the molecule is Cn1cc(C(N[C@H]2CCN(c3cc(=O)n(C)c(=O)n3C)C2)C(F)(F)F)cn1. The van der Waals surface area contributed by atoms with Gasteiger partial charge in [-0.05, 0) is 6.42 Å². The van der Waals surface area contributed by atoms with E-state index in [0.29, 0.717) is 18.8 Å². The number of aryl methyl sites for hydroxylation is 1. The molecule has 1 fully saturated rings. The van der Waals surface area contributed by atoms with Crippen molar-refractivity contribution in [3.05, 3.63) is 44.9 Å². The van der Waals surface area contributed by atoms with Gasteiger partial charge in [-0.15, -0.1) is 0 Å². The molecular formula is C16H21F3N6O2. The molecule has 0 aromatic carbocycles. The lowest BCUT2D eigenvalue weighted by Gasteiger charge is -2.25. The Kier molecular flexibility index (Phi) is 4.89. The Morgan fingerprint density at radius 1 is 1.22 bits per heavy atom. The first-order chi connectivity index (χ1) is 12.6. The quantitative estimate of drug-likeness (QED) is 0.818. The number of anilines is 1. The van der Waals surface area contributed by atoms with E-state index in [1.54, 1.807) is 11.9 Å². The Labute approximate surface area is 152 Å². The van der Waals surface area contributed by atoms with Gasteiger partial charge in [0.1, 0.15) is 11.9 Å². The molecule has 0 saturated carbocycles. The van der Waals surface area contributed by atoms with E-state index in [4.69, 9.17) is 0 Å². The lowest BCUT2D eigenvalue weighted by Crippen LogP contribution is -2.43. The molecule has 0 aliphatic carbocycles. The summed E-state index contributed by atoms with van der Waals surface area (Å²) in [5.41, 5.74) is -0.880. The molecule has 1 aliphatic heterocycles. The van der Waals surface area contributed by atoms with Crippen molar-refractivity contribution in [2.45, 2.75) is 24.7 Å². The van der Waals surface area contributed by atoms with E-state index in [1.807, 2.05) is 0 Å². The third-order valence-electron chi connectivity index (χ3n) is 4.80. The lowest BCUT2D eigenvalue weighted by atomic mass is 10.1. The molecule has 2 aromatic rings. The summed E-state index contributed by atoms with van der Waals surface area (Å²) >= 11 is 0. The maximum Gasteiger partial charge on any atom is 0.408 e. The van der Waals surface area contributed by atoms with Crippen LogP contribution in [0.2, 0.25) is 0 Å². The number of alkyl halides is 3. The maximum absolute atomic E-state index is 13.5. The number of halogens is 3. The summed E-state index contributed by atoms with van der Waals surface area (Å²) in [6.07, 6.45) is -1.48. The minimum absolute atomic E-state index is 0.0458. The minimum Gasteiger partial charge on any atom is -0.356 e. The maximum atomic E-state index is 13.5. The number of rotatable bonds is 4. The number of hydrogen-bond acceptors (Lipinski definition) is 5. The summed E-state index contributed by atoms with van der Waals surface area (Å²) in [5.74, 6) is 0.400. The zero-order valence-electron chi connectivity index (χ0n) is 15.2. The predicted octanol–water partition coefficient (Wildman–Crippen LogP) is 0.289. The van der Waals surface area contributed by atoms with Crippen LogP contribution in [0.3, 0.4) is 0 Å². The third-order valence-corrected chi connectivity index (χ3v) is 4.80. The van der Waals surface area contributed by atoms with Crippen molar-refractivity contribution in [2.24, 2.45) is 21.1 Å². The van der Waals surface area contributed by atoms with Crippen LogP contribution < -0.4 is 21.5 Å². The van der Waals surface area contributed by atoms with Gasteiger partial charge in [-0.2, -0.15) is 18.3 Å². The van der Waals surface area contributed by atoms with Crippen molar-refractivity contribution >= 4 is 5.82 Å². The summed E-state index contributed by atoms with van der Waals surface area (Å²) in [5, 5.41) is 6.47. The second-order valence-corrected chi connectivity index (χ2v) is 6.76. The Hall–Kier alpha value is -2.56. The molecule has 3 rings (SSSR count). The molecule has 2 aromatic heterocycles. The van der Waals surface area contributed by atoms with Crippen molar-refractivity contribution in [3.63, 3.8) is 0 Å². The van der Waals surface area contributed by atoms with Crippen molar-refractivity contribution in [2.75, 3.05) is 18.0 Å². The van der Waals surface area contributed by atoms with Gasteiger partial charge in [-0.3, -0.25) is 23.9 Å². The molecule has 1 saturated heterocycles. The molecular weight excluding hydrogens is 365 g/mol. The van der Waals surface area contributed by atoms with Crippen LogP contribution in [0, 0.1) is 0 Å². The molecule has 0 bridgehead atoms. The fourth-order valence-corrected chi connectivity index (χ4v) is 3.33. The summed E-state index contributed by atoms with van der Waals surface area (Å²) in [7, 11) is 4.47. The van der Waals surface area contributed by atoms with E-state index in [0.717, 1.165) is 4.57 Å². The number of nitrogens with zero attached hydrogens (tertiary/aromatic N) is 5. The lowest BCUT2D eigenvalue weighted by molar-refractivity contribution is -0.159. The monoisotopic (exact) mass is 386 g/mol. The van der Waals surface area contributed by atoms with Gasteiger partial charge in [-0.1, -0.05) is 0 Å². The first-order valence-electron chi connectivity index (χ1n) is 8.41. The van der Waals surface area contributed by atoms with Gasteiger partial charge in [0.2, 0.25) is 0 Å². The molecule has 2 atom stereocenters. The zero-order valence-corrected chi connectivity index (χ0v) is 15.2. The summed E-state index contributed by atoms with van der Waals surface area (Å²) in [6.45, 7) is 0.697. The average Bonchev–Trinajstić information content (AvgIpc) is 3.22. The van der Waals surface area contributed by atoms with E-state index in [1.165, 1.54) is 41.8 Å². The molecule has 11 heteroatoms. The molecule has 0 radical (unpaired) electrons. The molecule has 1 aliphatic rings. The van der Waals surface area contributed by atoms with Crippen LogP contribution >= 0.6 is 0 Å². The number of aromatic nitrogens is 4. The van der Waals surface area contributed by atoms with Crippen molar-refractivity contribution < 1.29 is 13.2 Å². The molecule has 0 spiro atoms. The molecule has 27 heavy (non-hydrogen) atoms. The van der Waals surface area contributed by atoms with E-state index in [2.05, 4.69) is 10.4 Å². The van der Waals surface area contributed by atoms with Crippen molar-refractivity contribution in [1.82, 2.24) is 24.2 Å². The van der Waals surface area contributed by atoms with Crippen LogP contribution in [0.15, 0.2) is 28.0 Å². The normalized spacial score (nSPS) is 18.9. The van der Waals surface area contributed by atoms with Crippen LogP contribution in [0.25, 0.3) is 0 Å². The van der Waals surface area contributed by atoms with Gasteiger partial charge < -0.3 is 4.90 Å². The zero-order chi connectivity index (χ0) is 19.9. The van der Waals surface area contributed by atoms with Crippen LogP contribution in [-0.4, -0.2) is 44.2 Å². The number of hydrogen-bond donors (Lipinski definition) is 1. The summed E-state index contributed by atoms with van der Waals surface area (Å²) in [4.78, 5) is 25.7. The van der Waals surface area contributed by atoms with Crippen LogP contribution in [0.1, 0.15) is 18.0 Å². The van der Waals surface area contributed by atoms with Crippen molar-refractivity contribution in [3.8, 4) is 0 Å². The molecule has 8 nitrogen and oxygen atoms in total. The average molecular weight is 386 g/mol. The highest BCUT2D eigenvalue weighted by atomic mass is 19.4. The van der Waals surface area contributed by atoms with Crippen LogP contribution in [0.5, 0.6) is 0 Å². The number of nitrogens with one attached hydrogen (secondary N) is 1. The molecule has 1 N–H and O–H groups in total. The Balaban J connectivity index is 1.80. The van der Waals surface area contributed by atoms with Gasteiger partial charge >= 0.3 is 11.9 Å². The van der Waals surface area contributed by atoms with Gasteiger partial charge in [0.25, 0.3) is 5.56 Å². The van der Waals surface area contributed by atoms with Crippen LogP contribution in [0.4, 0.5) is 19.0 Å². The fraction of sp³-hybridized carbons (Fsp3) is 0.562. The molecule has 0 amide bonds. The Morgan fingerprint density at radius 2 is 1.93 bits per heavy atom. The second kappa shape index (κ2) is 6.87. The highest BCUT2D eigenvalue weighted by molar-refractivity contribution is 5.40. The summed E-state index contributed by atoms with van der Waals surface area (Å²) < 4.78 is 44.1. The first-order valence-corrected chi connectivity index (χ1v) is 8.41. The topological polar surface area (TPSA) is 77.1 Å². The highest BCUT2D eigenvalue weighted by Crippen LogP contribution is 2.33. The largest absolute Gasteiger partial charge is 0.408 e. The molecule has 1 unspecified atom stereocenters. The van der Waals surface area contributed by atoms with Crippen molar-refractivity contribution in [1.29, 1.82) is 0 Å². The first kappa shape index (κ1) is 19.2. The smallest absolute Gasteiger partial charge is 0.356 e. The minimum atomic E-state index is -4.47. The van der Waals surface area contributed by atoms with Gasteiger partial charge in [0.05, 0.1) is 6.20 Å². The third kappa shape index (κ3) is 3.77. The van der Waals surface area contributed by atoms with Gasteiger partial charge in [-0.25, -0.2) is 4.79 Å². The summed E-state index contributed by atoms with van der Waals surface area (Å²) in [6, 6.07) is -0.953. The van der Waals surface area contributed by atoms with Gasteiger partial charge in [0, 0.05) is 58.1 Å². The predicted molar refractivity (Wildman–Crippen MR) is 92.7 cm³/mol. The van der Waals surface area contributed by atoms with E-state index in [9.17, 15) is 22.8 Å². The fourth-order valence-electron chi connectivity index (χ4n) is 3.33. The highest BCUT2D eigenvalue weighted by Gasteiger charge is 2.43. The standard InChI is InChI=1S/C16H21F3N6O2/c1-22-8-10(7-20-22)14(16(17,18)19)21-11-4-5-25(9-11)12-6-13(26)24(3)15(27)23(12)2/h6-8,11,14,21H,4-5,9H2,1-3H3/t11-,14?/m0/s1. The van der Waals surface area contributed by atoms with Crippen LogP contribution in [-0.2, 0) is 21.1 Å². The second-order valence-electron chi connectivity index (χ2n) is 6.76. The van der Waals surface area contributed by atoms with Gasteiger partial charge in [0.15, 0.2) is 0 Å².